The van der Waals surface area contributed by atoms with Crippen molar-refractivity contribution in [3.05, 3.63) is 0 Å². The molecule has 2 unspecified atom stereocenters. The first-order valence-electron chi connectivity index (χ1n) is 5.28. The fraction of sp³-hybridized carbons (Fsp3) is 1.00. The Labute approximate surface area is 106 Å². The molecule has 1 fully saturated rings. The number of sulfone groups is 1. The van der Waals surface area contributed by atoms with Gasteiger partial charge in [-0.05, 0) is 0 Å². The fourth-order valence-corrected chi connectivity index (χ4v) is 4.86. The third-order valence-electron chi connectivity index (χ3n) is 2.63. The number of halogens is 1. The van der Waals surface area contributed by atoms with Crippen molar-refractivity contribution in [1.82, 2.24) is 4.90 Å². The van der Waals surface area contributed by atoms with Gasteiger partial charge < -0.3 is 5.11 Å². The van der Waals surface area contributed by atoms with Gasteiger partial charge in [0.25, 0.3) is 0 Å². The third kappa shape index (κ3) is 3.77. The van der Waals surface area contributed by atoms with Crippen LogP contribution in [0.2, 0.25) is 0 Å². The molecule has 0 spiro atoms. The highest BCUT2D eigenvalue weighted by Gasteiger charge is 2.33. The van der Waals surface area contributed by atoms with Crippen molar-refractivity contribution in [3.8, 4) is 0 Å². The van der Waals surface area contributed by atoms with Crippen LogP contribution in [0.3, 0.4) is 0 Å². The molecule has 1 saturated heterocycles. The molecule has 0 aliphatic carbocycles. The molecule has 1 aliphatic heterocycles. The molecule has 0 amide bonds. The van der Waals surface area contributed by atoms with Gasteiger partial charge >= 0.3 is 0 Å². The maximum atomic E-state index is 11.9. The largest absolute Gasteiger partial charge is 0.391 e. The van der Waals surface area contributed by atoms with Crippen molar-refractivity contribution in [2.45, 2.75) is 18.4 Å². The standard InChI is InChI=1S/C9H18ClNO3S2/c1-2-16(13,14)9-7-15-4-3-11(9)6-8(12)5-10/h8-9,12H,2-7H2,1H3. The van der Waals surface area contributed by atoms with Gasteiger partial charge in [-0.1, -0.05) is 6.92 Å². The van der Waals surface area contributed by atoms with Crippen LogP contribution < -0.4 is 0 Å². The Balaban J connectivity index is 2.71. The molecule has 7 heteroatoms. The molecule has 0 aromatic heterocycles. The van der Waals surface area contributed by atoms with Crippen molar-refractivity contribution in [2.24, 2.45) is 0 Å². The Bertz CT molecular complexity index is 310. The normalized spacial score (nSPS) is 25.6. The van der Waals surface area contributed by atoms with Crippen LogP contribution in [0.5, 0.6) is 0 Å². The van der Waals surface area contributed by atoms with Crippen LogP contribution in [-0.4, -0.2) is 66.1 Å². The summed E-state index contributed by atoms with van der Waals surface area (Å²) in [6, 6.07) is 0. The van der Waals surface area contributed by atoms with E-state index in [-0.39, 0.29) is 11.6 Å². The molecule has 1 heterocycles. The first-order valence-corrected chi connectivity index (χ1v) is 8.69. The van der Waals surface area contributed by atoms with Gasteiger partial charge in [0.2, 0.25) is 0 Å². The molecule has 0 saturated carbocycles. The lowest BCUT2D eigenvalue weighted by Crippen LogP contribution is -2.50. The van der Waals surface area contributed by atoms with Crippen molar-refractivity contribution in [3.63, 3.8) is 0 Å². The lowest BCUT2D eigenvalue weighted by atomic mass is 10.3. The third-order valence-corrected chi connectivity index (χ3v) is 6.32. The summed E-state index contributed by atoms with van der Waals surface area (Å²) >= 11 is 7.18. The first-order chi connectivity index (χ1) is 7.51. The van der Waals surface area contributed by atoms with E-state index in [4.69, 9.17) is 11.6 Å². The number of rotatable bonds is 5. The highest BCUT2D eigenvalue weighted by molar-refractivity contribution is 8.01. The molecule has 2 atom stereocenters. The summed E-state index contributed by atoms with van der Waals surface area (Å²) in [6.45, 7) is 2.70. The number of thioether (sulfide) groups is 1. The monoisotopic (exact) mass is 287 g/mol. The van der Waals surface area contributed by atoms with Crippen molar-refractivity contribution in [1.29, 1.82) is 0 Å². The zero-order valence-corrected chi connectivity index (χ0v) is 11.7. The summed E-state index contributed by atoms with van der Waals surface area (Å²) in [5, 5.41) is 9.03. The maximum absolute atomic E-state index is 11.9. The van der Waals surface area contributed by atoms with Crippen LogP contribution in [-0.2, 0) is 9.84 Å². The molecular formula is C9H18ClNO3S2. The van der Waals surface area contributed by atoms with Crippen LogP contribution in [0, 0.1) is 0 Å². The van der Waals surface area contributed by atoms with Gasteiger partial charge in [-0.25, -0.2) is 8.42 Å². The van der Waals surface area contributed by atoms with E-state index in [1.165, 1.54) is 0 Å². The lowest BCUT2D eigenvalue weighted by Gasteiger charge is -2.35. The topological polar surface area (TPSA) is 57.6 Å². The van der Waals surface area contributed by atoms with Gasteiger partial charge in [0.05, 0.1) is 6.10 Å². The average Bonchev–Trinajstić information content (AvgIpc) is 2.29. The van der Waals surface area contributed by atoms with E-state index in [2.05, 4.69) is 0 Å². The van der Waals surface area contributed by atoms with Gasteiger partial charge in [-0.2, -0.15) is 11.8 Å². The Morgan fingerprint density at radius 3 is 2.88 bits per heavy atom. The van der Waals surface area contributed by atoms with Crippen LogP contribution in [0.15, 0.2) is 0 Å². The van der Waals surface area contributed by atoms with E-state index in [1.807, 2.05) is 4.90 Å². The minimum absolute atomic E-state index is 0.141. The molecule has 0 bridgehead atoms. The SMILES string of the molecule is CCS(=O)(=O)C1CSCCN1CC(O)CCl. The summed E-state index contributed by atoms with van der Waals surface area (Å²) in [6.07, 6.45) is -0.653. The minimum Gasteiger partial charge on any atom is -0.391 e. The van der Waals surface area contributed by atoms with Crippen molar-refractivity contribution < 1.29 is 13.5 Å². The van der Waals surface area contributed by atoms with Crippen molar-refractivity contribution >= 4 is 33.2 Å². The highest BCUT2D eigenvalue weighted by atomic mass is 35.5. The number of hydrogen-bond acceptors (Lipinski definition) is 5. The van der Waals surface area contributed by atoms with E-state index in [0.29, 0.717) is 18.8 Å². The number of nitrogens with zero attached hydrogens (tertiary/aromatic N) is 1. The molecule has 0 aromatic carbocycles. The van der Waals surface area contributed by atoms with Crippen LogP contribution in [0.4, 0.5) is 0 Å². The van der Waals surface area contributed by atoms with Crippen LogP contribution in [0.1, 0.15) is 6.92 Å². The number of aliphatic hydroxyl groups excluding tert-OH is 1. The molecule has 0 radical (unpaired) electrons. The second-order valence-electron chi connectivity index (χ2n) is 3.78. The van der Waals surface area contributed by atoms with Crippen LogP contribution in [0.25, 0.3) is 0 Å². The summed E-state index contributed by atoms with van der Waals surface area (Å²) in [5.41, 5.74) is 0. The van der Waals surface area contributed by atoms with Gasteiger partial charge in [0, 0.05) is 36.2 Å². The zero-order valence-electron chi connectivity index (χ0n) is 9.30. The Hall–Kier alpha value is 0.510. The second kappa shape index (κ2) is 6.44. The van der Waals surface area contributed by atoms with E-state index in [9.17, 15) is 13.5 Å². The molecule has 1 N–H and O–H groups in total. The summed E-state index contributed by atoms with van der Waals surface area (Å²) in [5.74, 6) is 1.78. The van der Waals surface area contributed by atoms with Gasteiger partial charge in [0.1, 0.15) is 5.37 Å². The molecule has 1 aliphatic rings. The molecule has 1 rings (SSSR count). The molecule has 0 aromatic rings. The average molecular weight is 288 g/mol. The number of aliphatic hydroxyl groups is 1. The summed E-state index contributed by atoms with van der Waals surface area (Å²) in [7, 11) is -3.07. The first kappa shape index (κ1) is 14.6. The molecule has 16 heavy (non-hydrogen) atoms. The van der Waals surface area contributed by atoms with Gasteiger partial charge in [0.15, 0.2) is 9.84 Å². The summed E-state index contributed by atoms with van der Waals surface area (Å²) < 4.78 is 23.7. The van der Waals surface area contributed by atoms with E-state index < -0.39 is 21.3 Å². The number of β-amino-alcohol motifs (C(OH)–C–C–N with tert-alkyl or cyclic N) is 1. The Kier molecular flexibility index (Phi) is 5.87. The number of hydrogen-bond donors (Lipinski definition) is 1. The number of alkyl halides is 1. The highest BCUT2D eigenvalue weighted by Crippen LogP contribution is 2.21. The van der Waals surface area contributed by atoms with Crippen LogP contribution >= 0.6 is 23.4 Å². The van der Waals surface area contributed by atoms with Gasteiger partial charge in [-0.15, -0.1) is 11.6 Å². The van der Waals surface area contributed by atoms with Crippen molar-refractivity contribution in [2.75, 3.05) is 36.2 Å². The molecule has 4 nitrogen and oxygen atoms in total. The Morgan fingerprint density at radius 1 is 1.62 bits per heavy atom. The molecular weight excluding hydrogens is 270 g/mol. The Morgan fingerprint density at radius 2 is 2.31 bits per heavy atom. The molecule has 96 valence electrons. The van der Waals surface area contributed by atoms with Gasteiger partial charge in [-0.3, -0.25) is 4.90 Å². The predicted molar refractivity (Wildman–Crippen MR) is 68.9 cm³/mol. The van der Waals surface area contributed by atoms with E-state index in [0.717, 1.165) is 5.75 Å². The van der Waals surface area contributed by atoms with E-state index >= 15 is 0 Å². The maximum Gasteiger partial charge on any atom is 0.166 e. The predicted octanol–water partition coefficient (Wildman–Crippen LogP) is 0.396. The zero-order chi connectivity index (χ0) is 12.2. The fourth-order valence-electron chi connectivity index (χ4n) is 1.67. The van der Waals surface area contributed by atoms with E-state index in [1.54, 1.807) is 18.7 Å². The second-order valence-corrected chi connectivity index (χ2v) is 7.69. The summed E-state index contributed by atoms with van der Waals surface area (Å²) in [4.78, 5) is 1.84. The minimum atomic E-state index is -3.07. The quantitative estimate of drug-likeness (QED) is 0.742. The smallest absolute Gasteiger partial charge is 0.166 e. The lowest BCUT2D eigenvalue weighted by molar-refractivity contribution is 0.127.